The number of carboxylic acids is 1. The molecule has 1 N–H and O–H groups in total. The Morgan fingerprint density at radius 3 is 2.65 bits per heavy atom. The van der Waals surface area contributed by atoms with Gasteiger partial charge in [-0.1, -0.05) is 6.07 Å². The van der Waals surface area contributed by atoms with Gasteiger partial charge >= 0.3 is 5.97 Å². The van der Waals surface area contributed by atoms with E-state index in [9.17, 15) is 13.6 Å². The van der Waals surface area contributed by atoms with Crippen molar-refractivity contribution < 1.29 is 18.7 Å². The minimum absolute atomic E-state index is 0.0291. The van der Waals surface area contributed by atoms with Crippen LogP contribution in [-0.4, -0.2) is 11.1 Å². The highest BCUT2D eigenvalue weighted by molar-refractivity contribution is 5.68. The normalized spacial score (nSPS) is 16.9. The largest absolute Gasteiger partial charge is 0.481 e. The average molecular weight is 240 g/mol. The van der Waals surface area contributed by atoms with Gasteiger partial charge in [0.15, 0.2) is 0 Å². The molecule has 0 aliphatic heterocycles. The van der Waals surface area contributed by atoms with Crippen molar-refractivity contribution in [1.29, 1.82) is 0 Å². The average Bonchev–Trinajstić information content (AvgIpc) is 3.07. The molecule has 92 valence electrons. The summed E-state index contributed by atoms with van der Waals surface area (Å²) < 4.78 is 27.1. The van der Waals surface area contributed by atoms with Crippen LogP contribution < -0.4 is 0 Å². The lowest BCUT2D eigenvalue weighted by atomic mass is 9.89. The van der Waals surface area contributed by atoms with Crippen LogP contribution in [0.25, 0.3) is 0 Å². The van der Waals surface area contributed by atoms with Crippen molar-refractivity contribution in [3.05, 3.63) is 34.9 Å². The van der Waals surface area contributed by atoms with Gasteiger partial charge in [-0.15, -0.1) is 0 Å². The van der Waals surface area contributed by atoms with Crippen molar-refractivity contribution in [3.8, 4) is 0 Å². The fourth-order valence-corrected chi connectivity index (χ4v) is 2.19. The van der Waals surface area contributed by atoms with Crippen LogP contribution in [0.1, 0.15) is 36.3 Å². The predicted molar refractivity (Wildman–Crippen MR) is 58.8 cm³/mol. The molecule has 1 atom stereocenters. The number of aliphatic carboxylic acids is 1. The van der Waals surface area contributed by atoms with Crippen molar-refractivity contribution in [2.75, 3.05) is 0 Å². The summed E-state index contributed by atoms with van der Waals surface area (Å²) in [4.78, 5) is 10.8. The van der Waals surface area contributed by atoms with Gasteiger partial charge in [-0.3, -0.25) is 4.79 Å². The van der Waals surface area contributed by atoms with E-state index in [1.165, 1.54) is 19.1 Å². The zero-order valence-corrected chi connectivity index (χ0v) is 9.54. The number of rotatable bonds is 4. The van der Waals surface area contributed by atoms with Gasteiger partial charge in [-0.2, -0.15) is 0 Å². The van der Waals surface area contributed by atoms with Crippen LogP contribution in [0.4, 0.5) is 8.78 Å². The standard InChI is InChI=1S/C13H14F2O2/c1-7-11(14)5-4-9(13(7)15)10(6-12(16)17)8-2-3-8/h4-5,8,10H,2-3,6H2,1H3,(H,16,17). The molecule has 1 aromatic rings. The number of carbonyl (C=O) groups is 1. The van der Waals surface area contributed by atoms with Crippen molar-refractivity contribution in [1.82, 2.24) is 0 Å². The SMILES string of the molecule is Cc1c(F)ccc(C(CC(=O)O)C2CC2)c1F. The summed E-state index contributed by atoms with van der Waals surface area (Å²) in [5, 5.41) is 8.84. The number of carboxylic acid groups (broad SMARTS) is 1. The molecule has 1 aromatic carbocycles. The Labute approximate surface area is 98.3 Å². The maximum Gasteiger partial charge on any atom is 0.303 e. The topological polar surface area (TPSA) is 37.3 Å². The number of hydrogen-bond acceptors (Lipinski definition) is 1. The van der Waals surface area contributed by atoms with Crippen molar-refractivity contribution in [3.63, 3.8) is 0 Å². The van der Waals surface area contributed by atoms with Gasteiger partial charge in [0.05, 0.1) is 6.42 Å². The van der Waals surface area contributed by atoms with Gasteiger partial charge in [0.2, 0.25) is 0 Å². The molecule has 1 unspecified atom stereocenters. The molecule has 0 saturated heterocycles. The molecule has 0 amide bonds. The summed E-state index contributed by atoms with van der Waals surface area (Å²) in [6.07, 6.45) is 1.76. The number of halogens is 2. The van der Waals surface area contributed by atoms with E-state index in [2.05, 4.69) is 0 Å². The number of benzene rings is 1. The molecule has 1 saturated carbocycles. The Morgan fingerprint density at radius 2 is 2.12 bits per heavy atom. The summed E-state index contributed by atoms with van der Waals surface area (Å²) in [7, 11) is 0. The minimum Gasteiger partial charge on any atom is -0.481 e. The second-order valence-corrected chi connectivity index (χ2v) is 4.62. The first kappa shape index (κ1) is 12.0. The van der Waals surface area contributed by atoms with Crippen LogP contribution in [0.5, 0.6) is 0 Å². The highest BCUT2D eigenvalue weighted by Crippen LogP contribution is 2.45. The first-order valence-corrected chi connectivity index (χ1v) is 5.67. The molecule has 0 bridgehead atoms. The molecule has 0 heterocycles. The minimum atomic E-state index is -0.941. The quantitative estimate of drug-likeness (QED) is 0.877. The van der Waals surface area contributed by atoms with E-state index in [1.807, 2.05) is 0 Å². The summed E-state index contributed by atoms with van der Waals surface area (Å²) in [5.41, 5.74) is 0.312. The van der Waals surface area contributed by atoms with Crippen molar-refractivity contribution in [2.24, 2.45) is 5.92 Å². The summed E-state index contributed by atoms with van der Waals surface area (Å²) in [6.45, 7) is 1.37. The first-order chi connectivity index (χ1) is 8.00. The molecule has 4 heteroatoms. The predicted octanol–water partition coefficient (Wildman–Crippen LogP) is 3.24. The van der Waals surface area contributed by atoms with E-state index in [0.29, 0.717) is 5.56 Å². The first-order valence-electron chi connectivity index (χ1n) is 5.67. The van der Waals surface area contributed by atoms with Gasteiger partial charge in [0.1, 0.15) is 11.6 Å². The van der Waals surface area contributed by atoms with E-state index >= 15 is 0 Å². The zero-order chi connectivity index (χ0) is 12.6. The molecule has 2 rings (SSSR count). The Hall–Kier alpha value is -1.45. The molecule has 1 aliphatic rings. The van der Waals surface area contributed by atoms with Crippen LogP contribution in [0, 0.1) is 24.5 Å². The Bertz CT molecular complexity index is 453. The van der Waals surface area contributed by atoms with E-state index < -0.39 is 17.6 Å². The van der Waals surface area contributed by atoms with Crippen LogP contribution >= 0.6 is 0 Å². The van der Waals surface area contributed by atoms with E-state index in [4.69, 9.17) is 5.11 Å². The lowest BCUT2D eigenvalue weighted by Gasteiger charge is -2.16. The van der Waals surface area contributed by atoms with E-state index in [0.717, 1.165) is 12.8 Å². The zero-order valence-electron chi connectivity index (χ0n) is 9.54. The molecule has 17 heavy (non-hydrogen) atoms. The third-order valence-corrected chi connectivity index (χ3v) is 3.34. The van der Waals surface area contributed by atoms with Gasteiger partial charge < -0.3 is 5.11 Å². The third kappa shape index (κ3) is 2.46. The Balaban J connectivity index is 2.35. The fourth-order valence-electron chi connectivity index (χ4n) is 2.19. The molecule has 0 spiro atoms. The second kappa shape index (κ2) is 4.43. The summed E-state index contributed by atoms with van der Waals surface area (Å²) in [6, 6.07) is 2.59. The monoisotopic (exact) mass is 240 g/mol. The summed E-state index contributed by atoms with van der Waals surface area (Å²) >= 11 is 0. The Morgan fingerprint density at radius 1 is 1.47 bits per heavy atom. The van der Waals surface area contributed by atoms with Gasteiger partial charge in [0, 0.05) is 11.5 Å². The van der Waals surface area contributed by atoms with Crippen molar-refractivity contribution >= 4 is 5.97 Å². The van der Waals surface area contributed by atoms with E-state index in [-0.39, 0.29) is 23.8 Å². The molecule has 0 aromatic heterocycles. The molecule has 0 radical (unpaired) electrons. The number of hydrogen-bond donors (Lipinski definition) is 1. The van der Waals surface area contributed by atoms with Crippen LogP contribution in [-0.2, 0) is 4.79 Å². The molecule has 2 nitrogen and oxygen atoms in total. The second-order valence-electron chi connectivity index (χ2n) is 4.62. The van der Waals surface area contributed by atoms with Crippen LogP contribution in [0.15, 0.2) is 12.1 Å². The Kier molecular flexibility index (Phi) is 3.13. The highest BCUT2D eigenvalue weighted by atomic mass is 19.1. The smallest absolute Gasteiger partial charge is 0.303 e. The maximum absolute atomic E-state index is 13.9. The van der Waals surface area contributed by atoms with Gasteiger partial charge in [0.25, 0.3) is 0 Å². The van der Waals surface area contributed by atoms with Crippen molar-refractivity contribution in [2.45, 2.75) is 32.1 Å². The summed E-state index contributed by atoms with van der Waals surface area (Å²) in [5.74, 6) is -2.22. The van der Waals surface area contributed by atoms with Gasteiger partial charge in [-0.25, -0.2) is 8.78 Å². The maximum atomic E-state index is 13.9. The van der Waals surface area contributed by atoms with Crippen LogP contribution in [0.3, 0.4) is 0 Å². The molecular formula is C13H14F2O2. The van der Waals surface area contributed by atoms with Gasteiger partial charge in [-0.05, 0) is 37.3 Å². The highest BCUT2D eigenvalue weighted by Gasteiger charge is 2.35. The lowest BCUT2D eigenvalue weighted by molar-refractivity contribution is -0.137. The lowest BCUT2D eigenvalue weighted by Crippen LogP contribution is -2.11. The van der Waals surface area contributed by atoms with E-state index in [1.54, 1.807) is 0 Å². The van der Waals surface area contributed by atoms with Crippen LogP contribution in [0.2, 0.25) is 0 Å². The molecule has 1 aliphatic carbocycles. The third-order valence-electron chi connectivity index (χ3n) is 3.34. The fraction of sp³-hybridized carbons (Fsp3) is 0.462. The molecule has 1 fully saturated rings. The molecular weight excluding hydrogens is 226 g/mol.